The van der Waals surface area contributed by atoms with Crippen LogP contribution in [0.1, 0.15) is 38.3 Å². The molecule has 1 aliphatic rings. The van der Waals surface area contributed by atoms with Crippen molar-refractivity contribution in [2.24, 2.45) is 0 Å². The number of esters is 1. The number of hydrogen-bond acceptors (Lipinski definition) is 4. The number of aromatic nitrogens is 2. The zero-order valence-electron chi connectivity index (χ0n) is 19.2. The molecule has 0 unspecified atom stereocenters. The second kappa shape index (κ2) is 9.28. The van der Waals surface area contributed by atoms with Crippen molar-refractivity contribution in [1.82, 2.24) is 9.55 Å². The lowest BCUT2D eigenvalue weighted by molar-refractivity contribution is 0.0600. The predicted molar refractivity (Wildman–Crippen MR) is 135 cm³/mol. The summed E-state index contributed by atoms with van der Waals surface area (Å²) in [5, 5.41) is 0. The molecule has 0 spiro atoms. The highest BCUT2D eigenvalue weighted by Crippen LogP contribution is 2.34. The normalized spacial score (nSPS) is 12.9. The number of benzene rings is 2. The first-order valence-corrected chi connectivity index (χ1v) is 11.0. The van der Waals surface area contributed by atoms with Gasteiger partial charge in [-0.25, -0.2) is 4.79 Å². The Labute approximate surface area is 200 Å². The first-order valence-electron chi connectivity index (χ1n) is 11.0. The summed E-state index contributed by atoms with van der Waals surface area (Å²) in [6.45, 7) is 6.94. The van der Waals surface area contributed by atoms with Gasteiger partial charge in [-0.1, -0.05) is 36.4 Å². The average Bonchev–Trinajstić information content (AvgIpc) is 3.08. The maximum absolute atomic E-state index is 11.8. The third kappa shape index (κ3) is 4.09. The minimum absolute atomic E-state index is 0. The zero-order valence-corrected chi connectivity index (χ0v) is 20.0. The number of carbonyl (C=O) groups is 1. The van der Waals surface area contributed by atoms with Crippen LogP contribution < -0.4 is 4.90 Å². The second-order valence-electron chi connectivity index (χ2n) is 8.45. The van der Waals surface area contributed by atoms with Crippen LogP contribution in [-0.2, 0) is 24.2 Å². The molecule has 0 fully saturated rings. The van der Waals surface area contributed by atoms with Crippen molar-refractivity contribution >= 4 is 35.1 Å². The molecule has 1 aliphatic heterocycles. The summed E-state index contributed by atoms with van der Waals surface area (Å²) in [7, 11) is 1.40. The van der Waals surface area contributed by atoms with E-state index in [0.29, 0.717) is 5.56 Å². The fraction of sp³-hybridized carbons (Fsp3) is 0.259. The first-order chi connectivity index (χ1) is 15.6. The van der Waals surface area contributed by atoms with E-state index in [1.54, 1.807) is 0 Å². The van der Waals surface area contributed by atoms with Gasteiger partial charge in [0.25, 0.3) is 0 Å². The Hall–Kier alpha value is -3.31. The average molecular weight is 462 g/mol. The smallest absolute Gasteiger partial charge is 0.337 e. The molecule has 0 atom stereocenters. The molecule has 3 heterocycles. The van der Waals surface area contributed by atoms with Crippen molar-refractivity contribution in [2.45, 2.75) is 33.4 Å². The SMILES string of the molecule is COC(=O)c1ccc(Cn2c(C)c(C)c3nccc(N4CCc5ccccc5C4)c32)cc1.Cl. The number of aryl methyl sites for hydroxylation is 1. The number of methoxy groups -OCH3 is 1. The van der Waals surface area contributed by atoms with Gasteiger partial charge in [-0.3, -0.25) is 4.98 Å². The van der Waals surface area contributed by atoms with Gasteiger partial charge in [0, 0.05) is 31.5 Å². The van der Waals surface area contributed by atoms with E-state index >= 15 is 0 Å². The van der Waals surface area contributed by atoms with Crippen LogP contribution in [-0.4, -0.2) is 29.2 Å². The third-order valence-electron chi connectivity index (χ3n) is 6.66. The molecule has 5 nitrogen and oxygen atoms in total. The minimum Gasteiger partial charge on any atom is -0.465 e. The maximum Gasteiger partial charge on any atom is 0.337 e. The number of anilines is 1. The number of rotatable bonds is 4. The van der Waals surface area contributed by atoms with Crippen LogP contribution in [0, 0.1) is 13.8 Å². The standard InChI is InChI=1S/C27H27N3O2.ClH/c1-18-19(2)30(16-20-8-10-22(11-9-20)27(31)32-3)26-24(12-14-28-25(18)26)29-15-13-21-6-4-5-7-23(21)17-29;/h4-12,14H,13,15-17H2,1-3H3;1H. The van der Waals surface area contributed by atoms with E-state index in [1.165, 1.54) is 40.7 Å². The summed E-state index contributed by atoms with van der Waals surface area (Å²) in [6.07, 6.45) is 2.98. The van der Waals surface area contributed by atoms with Crippen LogP contribution in [0.2, 0.25) is 0 Å². The Morgan fingerprint density at radius 1 is 1.03 bits per heavy atom. The lowest BCUT2D eigenvalue weighted by Crippen LogP contribution is -2.30. The molecule has 0 amide bonds. The molecule has 2 aromatic heterocycles. The molecule has 0 N–H and O–H groups in total. The van der Waals surface area contributed by atoms with E-state index in [9.17, 15) is 4.79 Å². The Balaban J connectivity index is 0.00000259. The molecule has 0 saturated heterocycles. The van der Waals surface area contributed by atoms with E-state index in [4.69, 9.17) is 9.72 Å². The van der Waals surface area contributed by atoms with Crippen LogP contribution in [0.4, 0.5) is 5.69 Å². The number of ether oxygens (including phenoxy) is 1. The molecular weight excluding hydrogens is 434 g/mol. The number of nitrogens with zero attached hydrogens (tertiary/aromatic N) is 3. The van der Waals surface area contributed by atoms with Crippen molar-refractivity contribution in [3.05, 3.63) is 94.3 Å². The number of carbonyl (C=O) groups excluding carboxylic acids is 1. The molecule has 2 aromatic carbocycles. The summed E-state index contributed by atoms with van der Waals surface area (Å²) in [4.78, 5) is 19.0. The summed E-state index contributed by atoms with van der Waals surface area (Å²) in [5.74, 6) is -0.313. The number of hydrogen-bond donors (Lipinski definition) is 0. The highest BCUT2D eigenvalue weighted by atomic mass is 35.5. The van der Waals surface area contributed by atoms with Crippen molar-refractivity contribution in [1.29, 1.82) is 0 Å². The van der Waals surface area contributed by atoms with Crippen LogP contribution in [0.25, 0.3) is 11.0 Å². The van der Waals surface area contributed by atoms with Crippen LogP contribution in [0.5, 0.6) is 0 Å². The molecule has 170 valence electrons. The zero-order chi connectivity index (χ0) is 22.2. The monoisotopic (exact) mass is 461 g/mol. The molecule has 0 bridgehead atoms. The lowest BCUT2D eigenvalue weighted by Gasteiger charge is -2.31. The number of pyridine rings is 1. The van der Waals surface area contributed by atoms with Crippen LogP contribution in [0.3, 0.4) is 0 Å². The van der Waals surface area contributed by atoms with E-state index < -0.39 is 0 Å². The summed E-state index contributed by atoms with van der Waals surface area (Å²) in [5.41, 5.74) is 10.4. The molecule has 6 heteroatoms. The fourth-order valence-electron chi connectivity index (χ4n) is 4.73. The van der Waals surface area contributed by atoms with E-state index in [2.05, 4.69) is 53.6 Å². The summed E-state index contributed by atoms with van der Waals surface area (Å²) in [6, 6.07) is 18.5. The fourth-order valence-corrected chi connectivity index (χ4v) is 4.73. The van der Waals surface area contributed by atoms with Gasteiger partial charge < -0.3 is 14.2 Å². The first kappa shape index (κ1) is 22.9. The van der Waals surface area contributed by atoms with Gasteiger partial charge in [-0.15, -0.1) is 12.4 Å². The Kier molecular flexibility index (Phi) is 6.43. The number of fused-ring (bicyclic) bond motifs is 2. The summed E-state index contributed by atoms with van der Waals surface area (Å²) < 4.78 is 7.19. The Bertz CT molecular complexity index is 1310. The van der Waals surface area contributed by atoms with Gasteiger partial charge >= 0.3 is 5.97 Å². The molecule has 5 rings (SSSR count). The Morgan fingerprint density at radius 3 is 2.48 bits per heavy atom. The van der Waals surface area contributed by atoms with Gasteiger partial charge in [-0.05, 0) is 60.7 Å². The molecule has 33 heavy (non-hydrogen) atoms. The maximum atomic E-state index is 11.8. The van der Waals surface area contributed by atoms with Crippen LogP contribution >= 0.6 is 12.4 Å². The molecular formula is C27H28ClN3O2. The quantitative estimate of drug-likeness (QED) is 0.378. The number of halogens is 1. The lowest BCUT2D eigenvalue weighted by atomic mass is 9.99. The van der Waals surface area contributed by atoms with Gasteiger partial charge in [0.1, 0.15) is 0 Å². The molecule has 4 aromatic rings. The highest BCUT2D eigenvalue weighted by Gasteiger charge is 2.22. The Morgan fingerprint density at radius 2 is 1.76 bits per heavy atom. The van der Waals surface area contributed by atoms with Crippen molar-refractivity contribution in [2.75, 3.05) is 18.6 Å². The molecule has 0 aliphatic carbocycles. The highest BCUT2D eigenvalue weighted by molar-refractivity contribution is 5.93. The van der Waals surface area contributed by atoms with Crippen molar-refractivity contribution in [3.8, 4) is 0 Å². The van der Waals surface area contributed by atoms with Gasteiger partial charge in [0.05, 0.1) is 29.4 Å². The molecule has 0 radical (unpaired) electrons. The van der Waals surface area contributed by atoms with E-state index in [1.807, 2.05) is 30.5 Å². The predicted octanol–water partition coefficient (Wildman–Crippen LogP) is 5.47. The molecule has 0 saturated carbocycles. The summed E-state index contributed by atoms with van der Waals surface area (Å²) >= 11 is 0. The third-order valence-corrected chi connectivity index (χ3v) is 6.66. The largest absolute Gasteiger partial charge is 0.465 e. The van der Waals surface area contributed by atoms with Gasteiger partial charge in [0.15, 0.2) is 0 Å². The minimum atomic E-state index is -0.313. The van der Waals surface area contributed by atoms with Crippen molar-refractivity contribution in [3.63, 3.8) is 0 Å². The van der Waals surface area contributed by atoms with Gasteiger partial charge in [-0.2, -0.15) is 0 Å². The van der Waals surface area contributed by atoms with Gasteiger partial charge in [0.2, 0.25) is 0 Å². The van der Waals surface area contributed by atoms with Crippen LogP contribution in [0.15, 0.2) is 60.8 Å². The van der Waals surface area contributed by atoms with Crippen molar-refractivity contribution < 1.29 is 9.53 Å². The van der Waals surface area contributed by atoms with E-state index in [-0.39, 0.29) is 18.4 Å². The topological polar surface area (TPSA) is 47.4 Å². The van der Waals surface area contributed by atoms with E-state index in [0.717, 1.165) is 37.1 Å². The second-order valence-corrected chi connectivity index (χ2v) is 8.45.